The zero-order valence-corrected chi connectivity index (χ0v) is 13.8. The Morgan fingerprint density at radius 1 is 1.20 bits per heavy atom. The topological polar surface area (TPSA) is 89.9 Å². The smallest absolute Gasteiger partial charge is 0.250 e. The molecule has 2 N–H and O–H groups in total. The van der Waals surface area contributed by atoms with E-state index in [1.54, 1.807) is 12.1 Å². The summed E-state index contributed by atoms with van der Waals surface area (Å²) in [6.45, 7) is 2.10. The summed E-state index contributed by atoms with van der Waals surface area (Å²) in [7, 11) is 0. The van der Waals surface area contributed by atoms with E-state index < -0.39 is 0 Å². The molecule has 0 saturated heterocycles. The Labute approximate surface area is 145 Å². The van der Waals surface area contributed by atoms with Crippen LogP contribution < -0.4 is 10.6 Å². The van der Waals surface area contributed by atoms with Crippen molar-refractivity contribution in [3.05, 3.63) is 54.1 Å². The van der Waals surface area contributed by atoms with Crippen molar-refractivity contribution in [1.82, 2.24) is 20.2 Å². The molecule has 7 nitrogen and oxygen atoms in total. The Bertz CT molecular complexity index is 917. The SMILES string of the molecule is CC1Cc2ccccc2N1C(=O)Cn1nnc(-c2ccc(N)cc2)n1. The number of nitrogens with zero attached hydrogens (tertiary/aromatic N) is 5. The summed E-state index contributed by atoms with van der Waals surface area (Å²) >= 11 is 0. The maximum absolute atomic E-state index is 12.8. The lowest BCUT2D eigenvalue weighted by Crippen LogP contribution is -2.38. The molecule has 0 bridgehead atoms. The Balaban J connectivity index is 1.53. The van der Waals surface area contributed by atoms with E-state index in [-0.39, 0.29) is 18.5 Å². The molecule has 7 heteroatoms. The summed E-state index contributed by atoms with van der Waals surface area (Å²) < 4.78 is 0. The second-order valence-electron chi connectivity index (χ2n) is 6.21. The van der Waals surface area contributed by atoms with Crippen molar-refractivity contribution >= 4 is 17.3 Å². The van der Waals surface area contributed by atoms with Crippen LogP contribution in [0, 0.1) is 0 Å². The number of rotatable bonds is 3. The van der Waals surface area contributed by atoms with Gasteiger partial charge in [0.1, 0.15) is 6.54 Å². The van der Waals surface area contributed by atoms with E-state index in [0.29, 0.717) is 11.5 Å². The fourth-order valence-electron chi connectivity index (χ4n) is 3.20. The van der Waals surface area contributed by atoms with E-state index in [0.717, 1.165) is 17.7 Å². The van der Waals surface area contributed by atoms with Gasteiger partial charge in [-0.1, -0.05) is 18.2 Å². The molecule has 0 fully saturated rings. The summed E-state index contributed by atoms with van der Waals surface area (Å²) in [5.74, 6) is 0.432. The molecular weight excluding hydrogens is 316 g/mol. The third-order valence-corrected chi connectivity index (χ3v) is 4.37. The average Bonchev–Trinajstić information content (AvgIpc) is 3.18. The number of hydrogen-bond donors (Lipinski definition) is 1. The van der Waals surface area contributed by atoms with Gasteiger partial charge in [0.2, 0.25) is 5.82 Å². The first-order valence-corrected chi connectivity index (χ1v) is 8.15. The predicted octanol–water partition coefficient (Wildman–Crippen LogP) is 1.90. The summed E-state index contributed by atoms with van der Waals surface area (Å²) in [6, 6.07) is 15.3. The molecule has 0 saturated carbocycles. The lowest BCUT2D eigenvalue weighted by atomic mass is 10.1. The van der Waals surface area contributed by atoms with Crippen molar-refractivity contribution in [1.29, 1.82) is 0 Å². The van der Waals surface area contributed by atoms with Crippen LogP contribution in [0.1, 0.15) is 12.5 Å². The number of nitrogens with two attached hydrogens (primary N) is 1. The lowest BCUT2D eigenvalue weighted by molar-refractivity contribution is -0.119. The van der Waals surface area contributed by atoms with Gasteiger partial charge in [-0.3, -0.25) is 4.79 Å². The summed E-state index contributed by atoms with van der Waals surface area (Å²) in [6.07, 6.45) is 0.864. The van der Waals surface area contributed by atoms with Crippen LogP contribution in [0.5, 0.6) is 0 Å². The number of benzene rings is 2. The minimum atomic E-state index is -0.0429. The lowest BCUT2D eigenvalue weighted by Gasteiger charge is -2.22. The fraction of sp³-hybridized carbons (Fsp3) is 0.222. The van der Waals surface area contributed by atoms with Gasteiger partial charge in [0.25, 0.3) is 5.91 Å². The Morgan fingerprint density at radius 2 is 1.96 bits per heavy atom. The van der Waals surface area contributed by atoms with Crippen molar-refractivity contribution in [2.45, 2.75) is 25.9 Å². The van der Waals surface area contributed by atoms with Crippen molar-refractivity contribution in [3.63, 3.8) is 0 Å². The van der Waals surface area contributed by atoms with Crippen LogP contribution in [0.15, 0.2) is 48.5 Å². The Hall–Kier alpha value is -3.22. The normalized spacial score (nSPS) is 16.0. The molecule has 2 heterocycles. The minimum absolute atomic E-state index is 0.0429. The fourth-order valence-corrected chi connectivity index (χ4v) is 3.20. The van der Waals surface area contributed by atoms with Crippen molar-refractivity contribution in [3.8, 4) is 11.4 Å². The van der Waals surface area contributed by atoms with Crippen molar-refractivity contribution in [2.24, 2.45) is 0 Å². The van der Waals surface area contributed by atoms with Crippen LogP contribution >= 0.6 is 0 Å². The van der Waals surface area contributed by atoms with E-state index in [9.17, 15) is 4.79 Å². The van der Waals surface area contributed by atoms with E-state index in [1.807, 2.05) is 42.2 Å². The van der Waals surface area contributed by atoms with Gasteiger partial charge < -0.3 is 10.6 Å². The number of hydrogen-bond acceptors (Lipinski definition) is 5. The first-order chi connectivity index (χ1) is 12.1. The molecule has 1 aromatic heterocycles. The minimum Gasteiger partial charge on any atom is -0.399 e. The first kappa shape index (κ1) is 15.3. The van der Waals surface area contributed by atoms with E-state index >= 15 is 0 Å². The molecule has 126 valence electrons. The largest absolute Gasteiger partial charge is 0.399 e. The van der Waals surface area contributed by atoms with E-state index in [1.165, 1.54) is 10.4 Å². The summed E-state index contributed by atoms with van der Waals surface area (Å²) in [5.41, 5.74) is 9.34. The molecule has 25 heavy (non-hydrogen) atoms. The van der Waals surface area contributed by atoms with E-state index in [2.05, 4.69) is 21.5 Å². The number of aromatic nitrogens is 4. The highest BCUT2D eigenvalue weighted by molar-refractivity contribution is 5.95. The molecule has 1 atom stereocenters. The second kappa shape index (κ2) is 6.01. The molecule has 0 radical (unpaired) electrons. The molecule has 3 aromatic rings. The summed E-state index contributed by atoms with van der Waals surface area (Å²) in [4.78, 5) is 15.9. The van der Waals surface area contributed by atoms with Crippen molar-refractivity contribution < 1.29 is 4.79 Å². The molecule has 1 unspecified atom stereocenters. The first-order valence-electron chi connectivity index (χ1n) is 8.15. The van der Waals surface area contributed by atoms with Gasteiger partial charge >= 0.3 is 0 Å². The number of nitrogen functional groups attached to an aromatic ring is 1. The highest BCUT2D eigenvalue weighted by Gasteiger charge is 2.30. The van der Waals surface area contributed by atoms with Crippen LogP contribution in [-0.4, -0.2) is 32.2 Å². The molecule has 0 spiro atoms. The standard InChI is InChI=1S/C18H18N6O/c1-12-10-14-4-2-3-5-16(14)24(12)17(25)11-23-21-18(20-22-23)13-6-8-15(19)9-7-13/h2-9,12H,10-11,19H2,1H3. The van der Waals surface area contributed by atoms with Gasteiger partial charge in [-0.05, 0) is 54.5 Å². The third-order valence-electron chi connectivity index (χ3n) is 4.37. The highest BCUT2D eigenvalue weighted by atomic mass is 16.2. The van der Waals surface area contributed by atoms with Gasteiger partial charge in [0.05, 0.1) is 0 Å². The number of tetrazole rings is 1. The maximum Gasteiger partial charge on any atom is 0.250 e. The average molecular weight is 334 g/mol. The zero-order valence-electron chi connectivity index (χ0n) is 13.8. The third kappa shape index (κ3) is 2.84. The van der Waals surface area contributed by atoms with E-state index in [4.69, 9.17) is 5.73 Å². The van der Waals surface area contributed by atoms with Crippen LogP contribution in [0.2, 0.25) is 0 Å². The predicted molar refractivity (Wildman–Crippen MR) is 94.8 cm³/mol. The van der Waals surface area contributed by atoms with Gasteiger partial charge in [0, 0.05) is 23.0 Å². The summed E-state index contributed by atoms with van der Waals surface area (Å²) in [5, 5.41) is 12.3. The molecule has 2 aromatic carbocycles. The number of para-hydroxylation sites is 1. The quantitative estimate of drug-likeness (QED) is 0.739. The number of amides is 1. The molecular formula is C18H18N6O. The van der Waals surface area contributed by atoms with Crippen LogP contribution in [0.4, 0.5) is 11.4 Å². The molecule has 0 aliphatic carbocycles. The Morgan fingerprint density at radius 3 is 2.76 bits per heavy atom. The number of carbonyl (C=O) groups is 1. The number of anilines is 2. The van der Waals surface area contributed by atoms with Crippen LogP contribution in [0.25, 0.3) is 11.4 Å². The zero-order chi connectivity index (χ0) is 17.4. The molecule has 1 aliphatic heterocycles. The van der Waals surface area contributed by atoms with Crippen LogP contribution in [0.3, 0.4) is 0 Å². The van der Waals surface area contributed by atoms with Crippen LogP contribution in [-0.2, 0) is 17.8 Å². The highest BCUT2D eigenvalue weighted by Crippen LogP contribution is 2.31. The van der Waals surface area contributed by atoms with Gasteiger partial charge in [-0.25, -0.2) is 0 Å². The number of carbonyl (C=O) groups excluding carboxylic acids is 1. The molecule has 1 amide bonds. The monoisotopic (exact) mass is 334 g/mol. The maximum atomic E-state index is 12.8. The van der Waals surface area contributed by atoms with Gasteiger partial charge in [-0.2, -0.15) is 4.80 Å². The van der Waals surface area contributed by atoms with Gasteiger partial charge in [0.15, 0.2) is 0 Å². The molecule has 1 aliphatic rings. The second-order valence-corrected chi connectivity index (χ2v) is 6.21. The Kier molecular flexibility index (Phi) is 3.68. The molecule has 4 rings (SSSR count). The van der Waals surface area contributed by atoms with Crippen molar-refractivity contribution in [2.75, 3.05) is 10.6 Å². The number of fused-ring (bicyclic) bond motifs is 1. The van der Waals surface area contributed by atoms with Gasteiger partial charge in [-0.15, -0.1) is 10.2 Å².